The maximum absolute atomic E-state index is 9.04. The van der Waals surface area contributed by atoms with E-state index in [0.29, 0.717) is 0 Å². The molecule has 0 aromatic heterocycles. The van der Waals surface area contributed by atoms with Gasteiger partial charge in [-0.1, -0.05) is 0 Å². The van der Waals surface area contributed by atoms with Crippen molar-refractivity contribution in [3.05, 3.63) is 23.2 Å². The van der Waals surface area contributed by atoms with Crippen molar-refractivity contribution in [1.82, 2.24) is 0 Å². The van der Waals surface area contributed by atoms with Crippen LogP contribution >= 0.6 is 0 Å². The second-order valence-electron chi connectivity index (χ2n) is 2.21. The van der Waals surface area contributed by atoms with E-state index in [0.717, 1.165) is 0 Å². The van der Waals surface area contributed by atoms with E-state index in [-0.39, 0.29) is 12.3 Å². The summed E-state index contributed by atoms with van der Waals surface area (Å²) in [5.41, 5.74) is 5.09. The highest BCUT2D eigenvalue weighted by molar-refractivity contribution is 5.22. The molecule has 0 aliphatic carbocycles. The molecule has 0 saturated carbocycles. The summed E-state index contributed by atoms with van der Waals surface area (Å²) in [6, 6.07) is 0. The van der Waals surface area contributed by atoms with Gasteiger partial charge in [0.2, 0.25) is 5.76 Å². The topological polar surface area (TPSA) is 116 Å². The fraction of sp³-hybridized carbons (Fsp3) is 0.333. The van der Waals surface area contributed by atoms with Crippen molar-refractivity contribution < 1.29 is 25.2 Å². The zero-order valence-corrected chi connectivity index (χ0v) is 6.06. The Kier molecular flexibility index (Phi) is 2.11. The molecule has 0 radical (unpaired) electrons. The van der Waals surface area contributed by atoms with Crippen LogP contribution in [0.25, 0.3) is 0 Å². The van der Waals surface area contributed by atoms with Gasteiger partial charge in [0.25, 0.3) is 0 Å². The molecule has 6 N–H and O–H groups in total. The van der Waals surface area contributed by atoms with Crippen LogP contribution in [0.5, 0.6) is 0 Å². The molecule has 1 unspecified atom stereocenters. The highest BCUT2D eigenvalue weighted by Gasteiger charge is 2.29. The molecule has 0 amide bonds. The number of nitrogens with two attached hydrogens (primary N) is 1. The second-order valence-corrected chi connectivity index (χ2v) is 2.21. The van der Waals surface area contributed by atoms with Gasteiger partial charge in [-0.05, 0) is 0 Å². The third-order valence-corrected chi connectivity index (χ3v) is 1.43. The molecular formula is C6H9NO5. The number of aliphatic hydroxyl groups is 4. The van der Waals surface area contributed by atoms with E-state index in [4.69, 9.17) is 26.2 Å². The van der Waals surface area contributed by atoms with Gasteiger partial charge in [-0.2, -0.15) is 0 Å². The lowest BCUT2D eigenvalue weighted by molar-refractivity contribution is 0.0396. The van der Waals surface area contributed by atoms with Crippen molar-refractivity contribution >= 4 is 0 Å². The van der Waals surface area contributed by atoms with E-state index in [9.17, 15) is 0 Å². The number of ether oxygens (including phenoxy) is 1. The van der Waals surface area contributed by atoms with Gasteiger partial charge in [0.15, 0.2) is 17.6 Å². The Bertz CT molecular complexity index is 257. The third kappa shape index (κ3) is 1.17. The Hall–Kier alpha value is -1.40. The van der Waals surface area contributed by atoms with Crippen LogP contribution in [-0.4, -0.2) is 33.1 Å². The van der Waals surface area contributed by atoms with Crippen molar-refractivity contribution in [2.24, 2.45) is 5.73 Å². The summed E-state index contributed by atoms with van der Waals surface area (Å²) in [6.45, 7) is -0.180. The maximum Gasteiger partial charge on any atom is 0.325 e. The molecule has 0 fully saturated rings. The minimum atomic E-state index is -1.66. The molecule has 0 saturated heterocycles. The summed E-state index contributed by atoms with van der Waals surface area (Å²) in [4.78, 5) is 0. The molecule has 1 aliphatic rings. The van der Waals surface area contributed by atoms with Crippen LogP contribution in [-0.2, 0) is 4.74 Å². The lowest BCUT2D eigenvalue weighted by Crippen LogP contribution is -2.25. The second kappa shape index (κ2) is 2.92. The quantitative estimate of drug-likeness (QED) is 0.363. The Morgan fingerprint density at radius 3 is 2.33 bits per heavy atom. The van der Waals surface area contributed by atoms with Crippen LogP contribution in [0.1, 0.15) is 0 Å². The van der Waals surface area contributed by atoms with Gasteiger partial charge in [0, 0.05) is 0 Å². The summed E-state index contributed by atoms with van der Waals surface area (Å²) >= 11 is 0. The molecule has 6 nitrogen and oxygen atoms in total. The van der Waals surface area contributed by atoms with Crippen LogP contribution in [0.4, 0.5) is 0 Å². The first-order chi connectivity index (χ1) is 5.57. The molecule has 68 valence electrons. The van der Waals surface area contributed by atoms with Gasteiger partial charge in [0.05, 0.1) is 6.54 Å². The Balaban J connectivity index is 2.97. The van der Waals surface area contributed by atoms with Crippen LogP contribution < -0.4 is 5.73 Å². The van der Waals surface area contributed by atoms with Gasteiger partial charge in [-0.15, -0.1) is 0 Å². The fourth-order valence-electron chi connectivity index (χ4n) is 0.766. The summed E-state index contributed by atoms with van der Waals surface area (Å²) < 4.78 is 4.46. The summed E-state index contributed by atoms with van der Waals surface area (Å²) in [7, 11) is 0. The summed E-state index contributed by atoms with van der Waals surface area (Å²) in [6.07, 6.45) is -1.66. The fourth-order valence-corrected chi connectivity index (χ4v) is 0.766. The SMILES string of the molecule is NCC1=C(O)C(O)C(O)=C(O)O1. The Labute approximate surface area is 67.8 Å². The van der Waals surface area contributed by atoms with Gasteiger partial charge in [-0.25, -0.2) is 0 Å². The Morgan fingerprint density at radius 2 is 1.83 bits per heavy atom. The van der Waals surface area contributed by atoms with E-state index in [1.165, 1.54) is 0 Å². The maximum atomic E-state index is 9.04. The standard InChI is InChI=1S/C6H9NO5/c7-1-2-3(8)4(9)5(10)6(11)12-2/h4,8-11H,1,7H2. The zero-order valence-electron chi connectivity index (χ0n) is 6.06. The van der Waals surface area contributed by atoms with E-state index in [1.807, 2.05) is 0 Å². The molecule has 0 bridgehead atoms. The number of hydrogen-bond acceptors (Lipinski definition) is 6. The smallest absolute Gasteiger partial charge is 0.325 e. The normalized spacial score (nSPS) is 24.3. The highest BCUT2D eigenvalue weighted by Crippen LogP contribution is 2.22. The Morgan fingerprint density at radius 1 is 1.25 bits per heavy atom. The monoisotopic (exact) mass is 175 g/mol. The molecule has 12 heavy (non-hydrogen) atoms. The van der Waals surface area contributed by atoms with Crippen LogP contribution in [0.3, 0.4) is 0 Å². The van der Waals surface area contributed by atoms with Crippen molar-refractivity contribution in [1.29, 1.82) is 0 Å². The average molecular weight is 175 g/mol. The van der Waals surface area contributed by atoms with Gasteiger partial charge in [0.1, 0.15) is 0 Å². The van der Waals surface area contributed by atoms with E-state index in [1.54, 1.807) is 0 Å². The first-order valence-electron chi connectivity index (χ1n) is 3.18. The molecule has 1 rings (SSSR count). The minimum Gasteiger partial charge on any atom is -0.506 e. The largest absolute Gasteiger partial charge is 0.506 e. The zero-order chi connectivity index (χ0) is 9.30. The highest BCUT2D eigenvalue weighted by atomic mass is 16.6. The van der Waals surface area contributed by atoms with Crippen LogP contribution in [0, 0.1) is 0 Å². The first-order valence-corrected chi connectivity index (χ1v) is 3.18. The molecule has 1 aliphatic heterocycles. The predicted molar refractivity (Wildman–Crippen MR) is 38.1 cm³/mol. The van der Waals surface area contributed by atoms with Crippen molar-refractivity contribution in [3.63, 3.8) is 0 Å². The summed E-state index contributed by atoms with van der Waals surface area (Å²) in [5.74, 6) is -2.43. The molecule has 0 spiro atoms. The van der Waals surface area contributed by atoms with Crippen molar-refractivity contribution in [3.8, 4) is 0 Å². The first kappa shape index (κ1) is 8.69. The van der Waals surface area contributed by atoms with Crippen LogP contribution in [0.15, 0.2) is 23.2 Å². The minimum absolute atomic E-state index is 0.169. The molecule has 0 aromatic rings. The van der Waals surface area contributed by atoms with E-state index in [2.05, 4.69) is 4.74 Å². The van der Waals surface area contributed by atoms with Gasteiger partial charge >= 0.3 is 5.95 Å². The number of rotatable bonds is 1. The lowest BCUT2D eigenvalue weighted by Gasteiger charge is -2.19. The number of aliphatic hydroxyl groups excluding tert-OH is 4. The lowest BCUT2D eigenvalue weighted by atomic mass is 10.2. The predicted octanol–water partition coefficient (Wildman–Crippen LogP) is -0.609. The van der Waals surface area contributed by atoms with Crippen molar-refractivity contribution in [2.45, 2.75) is 6.10 Å². The molecule has 0 aromatic carbocycles. The van der Waals surface area contributed by atoms with E-state index < -0.39 is 23.6 Å². The molecule has 1 heterocycles. The number of hydrogen-bond donors (Lipinski definition) is 5. The molecule has 1 atom stereocenters. The molecular weight excluding hydrogens is 166 g/mol. The van der Waals surface area contributed by atoms with E-state index >= 15 is 0 Å². The van der Waals surface area contributed by atoms with Gasteiger partial charge < -0.3 is 30.9 Å². The van der Waals surface area contributed by atoms with Crippen LogP contribution in [0.2, 0.25) is 0 Å². The summed E-state index contributed by atoms with van der Waals surface area (Å²) in [5, 5.41) is 35.7. The molecule has 6 heteroatoms. The average Bonchev–Trinajstić information content (AvgIpc) is 2.08. The van der Waals surface area contributed by atoms with Gasteiger partial charge in [-0.3, -0.25) is 0 Å². The van der Waals surface area contributed by atoms with Crippen molar-refractivity contribution in [2.75, 3.05) is 6.54 Å². The third-order valence-electron chi connectivity index (χ3n) is 1.43.